The Hall–Kier alpha value is -1.88. The highest BCUT2D eigenvalue weighted by molar-refractivity contribution is 5.29. The number of hydrogen-bond acceptors (Lipinski definition) is 3. The molecule has 1 N–H and O–H groups in total. The summed E-state index contributed by atoms with van der Waals surface area (Å²) < 4.78 is 21.1. The van der Waals surface area contributed by atoms with Crippen LogP contribution in [0, 0.1) is 5.82 Å². The van der Waals surface area contributed by atoms with Crippen LogP contribution in [-0.4, -0.2) is 22.9 Å². The molecule has 2 rings (SSSR count). The average molecular weight is 277 g/mol. The molecule has 0 unspecified atom stereocenters. The summed E-state index contributed by atoms with van der Waals surface area (Å²) in [6, 6.07) is 7.01. The van der Waals surface area contributed by atoms with Gasteiger partial charge in [0.1, 0.15) is 0 Å². The minimum absolute atomic E-state index is 0.299. The highest BCUT2D eigenvalue weighted by Crippen LogP contribution is 2.18. The minimum Gasteiger partial charge on any atom is -0.490 e. The van der Waals surface area contributed by atoms with Crippen molar-refractivity contribution >= 4 is 0 Å². The Balaban J connectivity index is 1.88. The molecule has 5 heteroatoms. The standard InChI is InChI=1S/C15H20FN3O/c1-3-17-11-12-4-5-15(14(16)10-12)20-9-7-13-6-8-18-19(13)2/h4-6,8,10,17H,3,7,9,11H2,1-2H3. The second-order valence-electron chi connectivity index (χ2n) is 4.59. The fourth-order valence-corrected chi connectivity index (χ4v) is 1.95. The third-order valence-electron chi connectivity index (χ3n) is 3.11. The smallest absolute Gasteiger partial charge is 0.165 e. The fraction of sp³-hybridized carbons (Fsp3) is 0.400. The van der Waals surface area contributed by atoms with Gasteiger partial charge in [0.2, 0.25) is 0 Å². The van der Waals surface area contributed by atoms with E-state index in [0.29, 0.717) is 25.3 Å². The number of nitrogens with zero attached hydrogens (tertiary/aromatic N) is 2. The molecule has 0 spiro atoms. The van der Waals surface area contributed by atoms with Gasteiger partial charge in [-0.25, -0.2) is 4.39 Å². The summed E-state index contributed by atoms with van der Waals surface area (Å²) >= 11 is 0. The molecule has 1 aromatic heterocycles. The van der Waals surface area contributed by atoms with E-state index in [2.05, 4.69) is 10.4 Å². The molecule has 2 aromatic rings. The van der Waals surface area contributed by atoms with Gasteiger partial charge in [0.15, 0.2) is 11.6 Å². The quantitative estimate of drug-likeness (QED) is 0.844. The zero-order valence-corrected chi connectivity index (χ0v) is 11.9. The van der Waals surface area contributed by atoms with Crippen molar-refractivity contribution in [2.75, 3.05) is 13.2 Å². The summed E-state index contributed by atoms with van der Waals surface area (Å²) in [5.74, 6) is -0.0159. The summed E-state index contributed by atoms with van der Waals surface area (Å²) in [5, 5.41) is 7.24. The molecule has 0 bridgehead atoms. The maximum Gasteiger partial charge on any atom is 0.165 e. The molecule has 0 fully saturated rings. The van der Waals surface area contributed by atoms with Gasteiger partial charge in [0.25, 0.3) is 0 Å². The molecule has 108 valence electrons. The van der Waals surface area contributed by atoms with Crippen LogP contribution in [0.2, 0.25) is 0 Å². The van der Waals surface area contributed by atoms with Crippen LogP contribution in [0.4, 0.5) is 4.39 Å². The predicted molar refractivity (Wildman–Crippen MR) is 76.2 cm³/mol. The Morgan fingerprint density at radius 1 is 1.35 bits per heavy atom. The molecule has 0 amide bonds. The number of halogens is 1. The zero-order valence-electron chi connectivity index (χ0n) is 11.9. The average Bonchev–Trinajstić information content (AvgIpc) is 2.84. The van der Waals surface area contributed by atoms with Crippen LogP contribution in [0.1, 0.15) is 18.2 Å². The van der Waals surface area contributed by atoms with Crippen LogP contribution in [0.15, 0.2) is 30.5 Å². The van der Waals surface area contributed by atoms with E-state index in [1.54, 1.807) is 16.9 Å². The maximum absolute atomic E-state index is 13.9. The zero-order chi connectivity index (χ0) is 14.4. The van der Waals surface area contributed by atoms with Gasteiger partial charge in [-0.15, -0.1) is 0 Å². The SMILES string of the molecule is CCNCc1ccc(OCCc2ccnn2C)c(F)c1. The summed E-state index contributed by atoms with van der Waals surface area (Å²) in [6.45, 7) is 3.99. The molecular weight excluding hydrogens is 257 g/mol. The van der Waals surface area contributed by atoms with Gasteiger partial charge in [0.05, 0.1) is 6.61 Å². The van der Waals surface area contributed by atoms with Crippen LogP contribution >= 0.6 is 0 Å². The van der Waals surface area contributed by atoms with Crippen molar-refractivity contribution in [2.45, 2.75) is 19.9 Å². The molecule has 0 aliphatic heterocycles. The number of hydrogen-bond donors (Lipinski definition) is 1. The summed E-state index contributed by atoms with van der Waals surface area (Å²) in [7, 11) is 1.88. The van der Waals surface area contributed by atoms with E-state index in [1.165, 1.54) is 6.07 Å². The van der Waals surface area contributed by atoms with Crippen LogP contribution in [0.5, 0.6) is 5.75 Å². The minimum atomic E-state index is -0.314. The first-order valence-electron chi connectivity index (χ1n) is 6.79. The number of rotatable bonds is 7. The van der Waals surface area contributed by atoms with Crippen molar-refractivity contribution in [3.05, 3.63) is 47.5 Å². The first-order chi connectivity index (χ1) is 9.70. The first kappa shape index (κ1) is 14.5. The molecule has 1 heterocycles. The van der Waals surface area contributed by atoms with E-state index in [0.717, 1.165) is 17.8 Å². The normalized spacial score (nSPS) is 10.8. The molecule has 4 nitrogen and oxygen atoms in total. The lowest BCUT2D eigenvalue weighted by molar-refractivity contribution is 0.302. The molecule has 0 radical (unpaired) electrons. The van der Waals surface area contributed by atoms with Gasteiger partial charge in [-0.2, -0.15) is 5.10 Å². The predicted octanol–water partition coefficient (Wildman–Crippen LogP) is 2.29. The van der Waals surface area contributed by atoms with E-state index in [-0.39, 0.29) is 5.82 Å². The molecular formula is C15H20FN3O. The molecule has 1 aromatic carbocycles. The van der Waals surface area contributed by atoms with Crippen LogP contribution in [0.3, 0.4) is 0 Å². The van der Waals surface area contributed by atoms with Gasteiger partial charge in [-0.05, 0) is 30.3 Å². The number of benzene rings is 1. The van der Waals surface area contributed by atoms with Crippen LogP contribution in [0.25, 0.3) is 0 Å². The largest absolute Gasteiger partial charge is 0.490 e. The Labute approximate surface area is 118 Å². The van der Waals surface area contributed by atoms with Crippen molar-refractivity contribution in [1.29, 1.82) is 0 Å². The number of nitrogens with one attached hydrogen (secondary N) is 1. The maximum atomic E-state index is 13.9. The highest BCUT2D eigenvalue weighted by Gasteiger charge is 2.05. The van der Waals surface area contributed by atoms with Gasteiger partial charge >= 0.3 is 0 Å². The molecule has 20 heavy (non-hydrogen) atoms. The molecule has 0 aliphatic carbocycles. The third-order valence-corrected chi connectivity index (χ3v) is 3.11. The summed E-state index contributed by atoms with van der Waals surface area (Å²) in [5.41, 5.74) is 1.98. The third kappa shape index (κ3) is 3.81. The van der Waals surface area contributed by atoms with E-state index < -0.39 is 0 Å². The van der Waals surface area contributed by atoms with E-state index in [9.17, 15) is 4.39 Å². The lowest BCUT2D eigenvalue weighted by Gasteiger charge is -2.09. The van der Waals surface area contributed by atoms with Crippen molar-refractivity contribution < 1.29 is 9.13 Å². The van der Waals surface area contributed by atoms with Crippen LogP contribution in [-0.2, 0) is 20.0 Å². The van der Waals surface area contributed by atoms with Crippen molar-refractivity contribution in [1.82, 2.24) is 15.1 Å². The Bertz CT molecular complexity index is 554. The molecule has 0 atom stereocenters. The van der Waals surface area contributed by atoms with Crippen molar-refractivity contribution in [2.24, 2.45) is 7.05 Å². The van der Waals surface area contributed by atoms with Crippen molar-refractivity contribution in [3.8, 4) is 5.75 Å². The van der Waals surface area contributed by atoms with Crippen molar-refractivity contribution in [3.63, 3.8) is 0 Å². The Morgan fingerprint density at radius 3 is 2.85 bits per heavy atom. The van der Waals surface area contributed by atoms with Crippen LogP contribution < -0.4 is 10.1 Å². The summed E-state index contributed by atoms with van der Waals surface area (Å²) in [6.07, 6.45) is 2.44. The van der Waals surface area contributed by atoms with E-state index >= 15 is 0 Å². The van der Waals surface area contributed by atoms with Gasteiger partial charge in [-0.1, -0.05) is 13.0 Å². The Kier molecular flexibility index (Phi) is 5.12. The second kappa shape index (κ2) is 7.05. The Morgan fingerprint density at radius 2 is 2.20 bits per heavy atom. The lowest BCUT2D eigenvalue weighted by Crippen LogP contribution is -2.12. The fourth-order valence-electron chi connectivity index (χ4n) is 1.95. The van der Waals surface area contributed by atoms with E-state index in [4.69, 9.17) is 4.74 Å². The summed E-state index contributed by atoms with van der Waals surface area (Å²) in [4.78, 5) is 0. The number of ether oxygens (including phenoxy) is 1. The number of aryl methyl sites for hydroxylation is 1. The van der Waals surface area contributed by atoms with E-state index in [1.807, 2.05) is 26.1 Å². The highest BCUT2D eigenvalue weighted by atomic mass is 19.1. The van der Waals surface area contributed by atoms with Gasteiger partial charge < -0.3 is 10.1 Å². The second-order valence-corrected chi connectivity index (χ2v) is 4.59. The van der Waals surface area contributed by atoms with Gasteiger partial charge in [-0.3, -0.25) is 4.68 Å². The van der Waals surface area contributed by atoms with Gasteiger partial charge in [0, 0.05) is 31.9 Å². The molecule has 0 saturated heterocycles. The monoisotopic (exact) mass is 277 g/mol. The molecule has 0 saturated carbocycles. The topological polar surface area (TPSA) is 39.1 Å². The first-order valence-corrected chi connectivity index (χ1v) is 6.79. The number of aromatic nitrogens is 2. The lowest BCUT2D eigenvalue weighted by atomic mass is 10.2. The molecule has 0 aliphatic rings.